The summed E-state index contributed by atoms with van der Waals surface area (Å²) >= 11 is 3.44. The number of benzene rings is 2. The first-order chi connectivity index (χ1) is 10.0. The molecule has 3 nitrogen and oxygen atoms in total. The Balaban J connectivity index is 1.91. The molecule has 0 spiro atoms. The molecule has 110 valence electrons. The largest absolute Gasteiger partial charge is 0.382 e. The number of hydrogen-bond donors (Lipinski definition) is 2. The predicted octanol–water partition coefficient (Wildman–Crippen LogP) is 4.45. The van der Waals surface area contributed by atoms with Gasteiger partial charge in [0, 0.05) is 28.8 Å². The van der Waals surface area contributed by atoms with Crippen molar-refractivity contribution in [2.75, 3.05) is 10.6 Å². The molecule has 4 heteroatoms. The van der Waals surface area contributed by atoms with Gasteiger partial charge in [0.25, 0.3) is 0 Å². The van der Waals surface area contributed by atoms with Crippen LogP contribution in [0.3, 0.4) is 0 Å². The van der Waals surface area contributed by atoms with Crippen LogP contribution in [-0.2, 0) is 11.2 Å². The molecule has 0 bridgehead atoms. The fourth-order valence-corrected chi connectivity index (χ4v) is 2.43. The fraction of sp³-hybridized carbons (Fsp3) is 0.235. The van der Waals surface area contributed by atoms with Gasteiger partial charge >= 0.3 is 0 Å². The Labute approximate surface area is 133 Å². The Morgan fingerprint density at radius 3 is 2.19 bits per heavy atom. The quantitative estimate of drug-likeness (QED) is 0.839. The molecule has 0 aliphatic carbocycles. The highest BCUT2D eigenvalue weighted by atomic mass is 79.9. The summed E-state index contributed by atoms with van der Waals surface area (Å²) in [5.74, 6) is -0.0562. The second kappa shape index (κ2) is 7.27. The van der Waals surface area contributed by atoms with E-state index >= 15 is 0 Å². The van der Waals surface area contributed by atoms with Gasteiger partial charge in [-0.05, 0) is 55.3 Å². The normalized spacial score (nSPS) is 11.8. The van der Waals surface area contributed by atoms with Crippen molar-refractivity contribution < 1.29 is 4.79 Å². The molecule has 0 aliphatic heterocycles. The van der Waals surface area contributed by atoms with Crippen LogP contribution in [0.5, 0.6) is 0 Å². The number of amides is 1. The highest BCUT2D eigenvalue weighted by Crippen LogP contribution is 2.16. The van der Waals surface area contributed by atoms with Crippen molar-refractivity contribution in [2.24, 2.45) is 0 Å². The Morgan fingerprint density at radius 2 is 1.62 bits per heavy atom. The zero-order chi connectivity index (χ0) is 15.2. The van der Waals surface area contributed by atoms with Crippen molar-refractivity contribution in [3.8, 4) is 0 Å². The van der Waals surface area contributed by atoms with Gasteiger partial charge in [0.2, 0.25) is 5.91 Å². The van der Waals surface area contributed by atoms with Gasteiger partial charge in [0.15, 0.2) is 0 Å². The van der Waals surface area contributed by atoms with E-state index in [1.54, 1.807) is 0 Å². The summed E-state index contributed by atoms with van der Waals surface area (Å²) in [7, 11) is 0. The summed E-state index contributed by atoms with van der Waals surface area (Å²) in [4.78, 5) is 11.0. The lowest BCUT2D eigenvalue weighted by atomic mass is 10.1. The number of halogens is 1. The first-order valence-corrected chi connectivity index (χ1v) is 7.71. The lowest BCUT2D eigenvalue weighted by Crippen LogP contribution is -2.18. The van der Waals surface area contributed by atoms with Crippen LogP contribution in [0, 0.1) is 0 Å². The van der Waals surface area contributed by atoms with E-state index in [0.717, 1.165) is 22.3 Å². The summed E-state index contributed by atoms with van der Waals surface area (Å²) in [5, 5.41) is 6.22. The summed E-state index contributed by atoms with van der Waals surface area (Å²) in [6, 6.07) is 16.5. The summed E-state index contributed by atoms with van der Waals surface area (Å²) < 4.78 is 1.10. The zero-order valence-corrected chi connectivity index (χ0v) is 13.8. The van der Waals surface area contributed by atoms with Crippen LogP contribution < -0.4 is 10.6 Å². The number of carbonyl (C=O) groups is 1. The maximum absolute atomic E-state index is 11.0. The third kappa shape index (κ3) is 5.23. The molecule has 0 fully saturated rings. The third-order valence-electron chi connectivity index (χ3n) is 3.07. The molecule has 0 aromatic heterocycles. The molecular formula is C17H19BrN2O. The second-order valence-corrected chi connectivity index (χ2v) is 6.05. The van der Waals surface area contributed by atoms with Gasteiger partial charge in [0.1, 0.15) is 0 Å². The zero-order valence-electron chi connectivity index (χ0n) is 12.2. The molecule has 2 aromatic carbocycles. The first kappa shape index (κ1) is 15.6. The predicted molar refractivity (Wildman–Crippen MR) is 91.7 cm³/mol. The van der Waals surface area contributed by atoms with Gasteiger partial charge in [-0.25, -0.2) is 0 Å². The molecule has 0 radical (unpaired) electrons. The van der Waals surface area contributed by atoms with E-state index in [9.17, 15) is 4.79 Å². The monoisotopic (exact) mass is 346 g/mol. The molecule has 2 rings (SSSR count). The average Bonchev–Trinajstić information content (AvgIpc) is 2.43. The molecule has 21 heavy (non-hydrogen) atoms. The number of hydrogen-bond acceptors (Lipinski definition) is 2. The first-order valence-electron chi connectivity index (χ1n) is 6.91. The smallest absolute Gasteiger partial charge is 0.221 e. The van der Waals surface area contributed by atoms with Crippen LogP contribution >= 0.6 is 15.9 Å². The molecular weight excluding hydrogens is 328 g/mol. The van der Waals surface area contributed by atoms with E-state index in [2.05, 4.69) is 57.8 Å². The molecule has 0 aliphatic rings. The van der Waals surface area contributed by atoms with Gasteiger partial charge in [-0.2, -0.15) is 0 Å². The molecule has 0 saturated carbocycles. The third-order valence-corrected chi connectivity index (χ3v) is 3.60. The molecule has 1 unspecified atom stereocenters. The van der Waals surface area contributed by atoms with Crippen molar-refractivity contribution in [1.82, 2.24) is 0 Å². The maximum Gasteiger partial charge on any atom is 0.221 e. The summed E-state index contributed by atoms with van der Waals surface area (Å²) in [6.45, 7) is 3.66. The Bertz CT molecular complexity index is 593. The Kier molecular flexibility index (Phi) is 5.39. The minimum atomic E-state index is -0.0562. The minimum absolute atomic E-state index is 0.0562. The van der Waals surface area contributed by atoms with Gasteiger partial charge in [-0.1, -0.05) is 28.1 Å². The molecule has 0 saturated heterocycles. The van der Waals surface area contributed by atoms with Crippen molar-refractivity contribution in [1.29, 1.82) is 0 Å². The highest BCUT2D eigenvalue weighted by molar-refractivity contribution is 9.10. The topological polar surface area (TPSA) is 41.1 Å². The number of anilines is 2. The van der Waals surface area contributed by atoms with Gasteiger partial charge in [-0.15, -0.1) is 0 Å². The lowest BCUT2D eigenvalue weighted by molar-refractivity contribution is -0.114. The van der Waals surface area contributed by atoms with Crippen LogP contribution in [0.25, 0.3) is 0 Å². The molecule has 1 atom stereocenters. The van der Waals surface area contributed by atoms with Crippen molar-refractivity contribution in [2.45, 2.75) is 26.3 Å². The summed E-state index contributed by atoms with van der Waals surface area (Å²) in [5.41, 5.74) is 3.16. The molecule has 2 N–H and O–H groups in total. The van der Waals surface area contributed by atoms with Gasteiger partial charge < -0.3 is 10.6 Å². The molecule has 2 aromatic rings. The van der Waals surface area contributed by atoms with Crippen LogP contribution in [0.4, 0.5) is 11.4 Å². The lowest BCUT2D eigenvalue weighted by Gasteiger charge is -2.16. The summed E-state index contributed by atoms with van der Waals surface area (Å²) in [6.07, 6.45) is 0.959. The maximum atomic E-state index is 11.0. The van der Waals surface area contributed by atoms with Crippen LogP contribution in [0.15, 0.2) is 53.0 Å². The van der Waals surface area contributed by atoms with E-state index in [1.807, 2.05) is 24.3 Å². The molecule has 0 heterocycles. The van der Waals surface area contributed by atoms with Gasteiger partial charge in [-0.3, -0.25) is 4.79 Å². The van der Waals surface area contributed by atoms with Gasteiger partial charge in [0.05, 0.1) is 0 Å². The Morgan fingerprint density at radius 1 is 1.05 bits per heavy atom. The second-order valence-electron chi connectivity index (χ2n) is 5.13. The van der Waals surface area contributed by atoms with E-state index in [-0.39, 0.29) is 5.91 Å². The standard InChI is InChI=1S/C17H19BrN2O/c1-12(11-14-3-5-15(18)6-4-14)19-16-7-9-17(10-8-16)20-13(2)21/h3-10,12,19H,11H2,1-2H3,(H,20,21). The minimum Gasteiger partial charge on any atom is -0.382 e. The van der Waals surface area contributed by atoms with E-state index < -0.39 is 0 Å². The van der Waals surface area contributed by atoms with Crippen LogP contribution in [-0.4, -0.2) is 11.9 Å². The highest BCUT2D eigenvalue weighted by Gasteiger charge is 2.04. The number of carbonyl (C=O) groups excluding carboxylic acids is 1. The Hall–Kier alpha value is -1.81. The van der Waals surface area contributed by atoms with E-state index in [1.165, 1.54) is 12.5 Å². The number of nitrogens with one attached hydrogen (secondary N) is 2. The van der Waals surface area contributed by atoms with E-state index in [0.29, 0.717) is 6.04 Å². The number of rotatable bonds is 5. The SMILES string of the molecule is CC(=O)Nc1ccc(NC(C)Cc2ccc(Br)cc2)cc1. The van der Waals surface area contributed by atoms with Crippen LogP contribution in [0.2, 0.25) is 0 Å². The van der Waals surface area contributed by atoms with E-state index in [4.69, 9.17) is 0 Å². The van der Waals surface area contributed by atoms with Crippen molar-refractivity contribution in [3.05, 3.63) is 58.6 Å². The van der Waals surface area contributed by atoms with Crippen LogP contribution in [0.1, 0.15) is 19.4 Å². The fourth-order valence-electron chi connectivity index (χ4n) is 2.16. The molecule has 1 amide bonds. The average molecular weight is 347 g/mol. The van der Waals surface area contributed by atoms with Crippen molar-refractivity contribution in [3.63, 3.8) is 0 Å². The van der Waals surface area contributed by atoms with Crippen molar-refractivity contribution >= 4 is 33.2 Å².